The Morgan fingerprint density at radius 3 is 2.50 bits per heavy atom. The Labute approximate surface area is 144 Å². The molecule has 2 heterocycles. The van der Waals surface area contributed by atoms with Gasteiger partial charge in [-0.2, -0.15) is 0 Å². The molecule has 3 aromatic rings. The SMILES string of the molecule is O=C(NCc1cc(F)c(F)c(F)c1)c1cnc(-c2cccnc2)[nH]c1=O. The van der Waals surface area contributed by atoms with E-state index in [0.29, 0.717) is 5.56 Å². The van der Waals surface area contributed by atoms with E-state index >= 15 is 0 Å². The molecule has 0 bridgehead atoms. The Morgan fingerprint density at radius 2 is 1.88 bits per heavy atom. The first-order chi connectivity index (χ1) is 12.5. The second kappa shape index (κ2) is 7.18. The van der Waals surface area contributed by atoms with Gasteiger partial charge in [0.1, 0.15) is 11.4 Å². The number of nitrogens with one attached hydrogen (secondary N) is 2. The van der Waals surface area contributed by atoms with E-state index in [2.05, 4.69) is 20.3 Å². The first kappa shape index (κ1) is 17.3. The van der Waals surface area contributed by atoms with Crippen molar-refractivity contribution in [3.63, 3.8) is 0 Å². The zero-order valence-corrected chi connectivity index (χ0v) is 13.1. The van der Waals surface area contributed by atoms with Gasteiger partial charge >= 0.3 is 0 Å². The lowest BCUT2D eigenvalue weighted by Crippen LogP contribution is -2.29. The molecule has 0 radical (unpaired) electrons. The van der Waals surface area contributed by atoms with Gasteiger partial charge in [-0.25, -0.2) is 18.2 Å². The van der Waals surface area contributed by atoms with Gasteiger partial charge in [0, 0.05) is 30.7 Å². The highest BCUT2D eigenvalue weighted by atomic mass is 19.2. The zero-order valence-electron chi connectivity index (χ0n) is 13.1. The Bertz CT molecular complexity index is 999. The van der Waals surface area contributed by atoms with Crippen LogP contribution < -0.4 is 10.9 Å². The van der Waals surface area contributed by atoms with Crippen LogP contribution in [0, 0.1) is 17.5 Å². The van der Waals surface area contributed by atoms with Gasteiger partial charge in [-0.3, -0.25) is 14.6 Å². The first-order valence-corrected chi connectivity index (χ1v) is 7.37. The highest BCUT2D eigenvalue weighted by molar-refractivity contribution is 5.93. The molecule has 3 rings (SSSR count). The second-order valence-corrected chi connectivity index (χ2v) is 5.27. The number of carbonyl (C=O) groups is 1. The summed E-state index contributed by atoms with van der Waals surface area (Å²) in [6.45, 7) is -0.295. The van der Waals surface area contributed by atoms with Crippen molar-refractivity contribution in [2.24, 2.45) is 0 Å². The molecule has 0 aliphatic carbocycles. The van der Waals surface area contributed by atoms with Gasteiger partial charge in [0.15, 0.2) is 17.5 Å². The van der Waals surface area contributed by atoms with Crippen molar-refractivity contribution < 1.29 is 18.0 Å². The summed E-state index contributed by atoms with van der Waals surface area (Å²) >= 11 is 0. The average molecular weight is 360 g/mol. The normalized spacial score (nSPS) is 10.6. The van der Waals surface area contributed by atoms with Crippen LogP contribution in [-0.4, -0.2) is 20.9 Å². The van der Waals surface area contributed by atoms with E-state index in [4.69, 9.17) is 0 Å². The molecular weight excluding hydrogens is 349 g/mol. The number of halogens is 3. The van der Waals surface area contributed by atoms with Crippen LogP contribution >= 0.6 is 0 Å². The molecule has 0 aliphatic rings. The van der Waals surface area contributed by atoms with E-state index in [1.54, 1.807) is 18.3 Å². The molecule has 1 amide bonds. The summed E-state index contributed by atoms with van der Waals surface area (Å²) in [5.74, 6) is -4.88. The standard InChI is InChI=1S/C17H11F3N4O2/c18-12-4-9(5-13(19)14(12)20)6-23-16(25)11-8-22-15(24-17(11)26)10-2-1-3-21-7-10/h1-5,7-8H,6H2,(H,23,25)(H,22,24,26). The molecule has 0 saturated heterocycles. The third-order valence-corrected chi connectivity index (χ3v) is 3.48. The van der Waals surface area contributed by atoms with Gasteiger partial charge in [0.25, 0.3) is 11.5 Å². The van der Waals surface area contributed by atoms with Crippen molar-refractivity contribution in [3.05, 3.63) is 81.8 Å². The Morgan fingerprint density at radius 1 is 1.15 bits per heavy atom. The molecule has 9 heteroatoms. The Kier molecular flexibility index (Phi) is 4.78. The Hall–Kier alpha value is -3.49. The fraction of sp³-hybridized carbons (Fsp3) is 0.0588. The number of carbonyl (C=O) groups excluding carboxylic acids is 1. The molecule has 132 valence electrons. The van der Waals surface area contributed by atoms with Gasteiger partial charge in [-0.15, -0.1) is 0 Å². The van der Waals surface area contributed by atoms with Crippen molar-refractivity contribution in [2.45, 2.75) is 6.54 Å². The minimum absolute atomic E-state index is 0.00566. The lowest BCUT2D eigenvalue weighted by molar-refractivity contribution is 0.0949. The summed E-state index contributed by atoms with van der Waals surface area (Å²) in [5.41, 5.74) is -0.395. The van der Waals surface area contributed by atoms with Crippen molar-refractivity contribution in [1.29, 1.82) is 0 Å². The summed E-state index contributed by atoms with van der Waals surface area (Å²) in [6, 6.07) is 4.86. The lowest BCUT2D eigenvalue weighted by Gasteiger charge is -2.07. The molecule has 26 heavy (non-hydrogen) atoms. The maximum atomic E-state index is 13.2. The van der Waals surface area contributed by atoms with E-state index in [0.717, 1.165) is 18.3 Å². The van der Waals surface area contributed by atoms with E-state index in [1.807, 2.05) is 0 Å². The third kappa shape index (κ3) is 3.61. The van der Waals surface area contributed by atoms with E-state index in [9.17, 15) is 22.8 Å². The van der Waals surface area contributed by atoms with Crippen LogP contribution in [0.25, 0.3) is 11.4 Å². The van der Waals surface area contributed by atoms with Gasteiger partial charge in [-0.1, -0.05) is 0 Å². The van der Waals surface area contributed by atoms with Crippen molar-refractivity contribution in [1.82, 2.24) is 20.3 Å². The number of aromatic amines is 1. The smallest absolute Gasteiger partial charge is 0.264 e. The highest BCUT2D eigenvalue weighted by Gasteiger charge is 2.14. The van der Waals surface area contributed by atoms with Crippen LogP contribution in [0.2, 0.25) is 0 Å². The van der Waals surface area contributed by atoms with Gasteiger partial charge in [0.05, 0.1) is 0 Å². The number of hydrogen-bond donors (Lipinski definition) is 2. The van der Waals surface area contributed by atoms with Crippen LogP contribution in [0.15, 0.2) is 47.7 Å². The van der Waals surface area contributed by atoms with Crippen LogP contribution in [-0.2, 0) is 6.54 Å². The minimum Gasteiger partial charge on any atom is -0.348 e. The van der Waals surface area contributed by atoms with Crippen LogP contribution in [0.1, 0.15) is 15.9 Å². The van der Waals surface area contributed by atoms with Crippen LogP contribution in [0.3, 0.4) is 0 Å². The summed E-state index contributed by atoms with van der Waals surface area (Å²) < 4.78 is 39.2. The number of nitrogens with zero attached hydrogens (tertiary/aromatic N) is 2. The third-order valence-electron chi connectivity index (χ3n) is 3.48. The lowest BCUT2D eigenvalue weighted by atomic mass is 10.2. The number of pyridine rings is 1. The highest BCUT2D eigenvalue weighted by Crippen LogP contribution is 2.14. The van der Waals surface area contributed by atoms with Crippen molar-refractivity contribution in [3.8, 4) is 11.4 Å². The minimum atomic E-state index is -1.59. The van der Waals surface area contributed by atoms with Gasteiger partial charge < -0.3 is 10.3 Å². The second-order valence-electron chi connectivity index (χ2n) is 5.27. The molecule has 0 fully saturated rings. The fourth-order valence-electron chi connectivity index (χ4n) is 2.19. The molecule has 2 N–H and O–H groups in total. The monoisotopic (exact) mass is 360 g/mol. The molecule has 2 aromatic heterocycles. The predicted octanol–water partition coefficient (Wildman–Crippen LogP) is 2.18. The zero-order chi connectivity index (χ0) is 18.7. The number of hydrogen-bond acceptors (Lipinski definition) is 4. The molecule has 1 aromatic carbocycles. The molecule has 0 saturated carbocycles. The number of aromatic nitrogens is 3. The molecule has 6 nitrogen and oxygen atoms in total. The van der Waals surface area contributed by atoms with E-state index in [1.165, 1.54) is 6.20 Å². The largest absolute Gasteiger partial charge is 0.348 e. The number of amides is 1. The van der Waals surface area contributed by atoms with E-state index < -0.39 is 28.9 Å². The molecule has 0 spiro atoms. The quantitative estimate of drug-likeness (QED) is 0.698. The topological polar surface area (TPSA) is 87.7 Å². The fourth-order valence-corrected chi connectivity index (χ4v) is 2.19. The van der Waals surface area contributed by atoms with Crippen LogP contribution in [0.5, 0.6) is 0 Å². The maximum Gasteiger partial charge on any atom is 0.264 e. The van der Waals surface area contributed by atoms with Crippen LogP contribution in [0.4, 0.5) is 13.2 Å². The Balaban J connectivity index is 1.75. The molecule has 0 aliphatic heterocycles. The average Bonchev–Trinajstić information content (AvgIpc) is 2.64. The molecule has 0 atom stereocenters. The number of rotatable bonds is 4. The predicted molar refractivity (Wildman–Crippen MR) is 85.6 cm³/mol. The molecule has 0 unspecified atom stereocenters. The summed E-state index contributed by atoms with van der Waals surface area (Å²) in [6.07, 6.45) is 4.14. The number of H-pyrrole nitrogens is 1. The van der Waals surface area contributed by atoms with Gasteiger partial charge in [-0.05, 0) is 29.8 Å². The number of benzene rings is 1. The summed E-state index contributed by atoms with van der Waals surface area (Å²) in [7, 11) is 0. The maximum absolute atomic E-state index is 13.2. The molecular formula is C17H11F3N4O2. The van der Waals surface area contributed by atoms with Gasteiger partial charge in [0.2, 0.25) is 0 Å². The van der Waals surface area contributed by atoms with E-state index in [-0.39, 0.29) is 23.5 Å². The summed E-state index contributed by atoms with van der Waals surface area (Å²) in [4.78, 5) is 34.5. The van der Waals surface area contributed by atoms with Crippen molar-refractivity contribution in [2.75, 3.05) is 0 Å². The van der Waals surface area contributed by atoms with Crippen molar-refractivity contribution >= 4 is 5.91 Å². The first-order valence-electron chi connectivity index (χ1n) is 7.37. The summed E-state index contributed by atoms with van der Waals surface area (Å²) in [5, 5.41) is 2.32.